The number of hydrogen-bond acceptors (Lipinski definition) is 5. The van der Waals surface area contributed by atoms with E-state index in [-0.39, 0.29) is 11.1 Å². The molecule has 0 saturated heterocycles. The standard InChI is InChI=1S/C18H17FN2O2S/c1-11-4-5-13(10-16(11)19)17-20-18(23-21-17)12(2)24-15-8-6-14(22-3)7-9-15/h4-10,12H,1-3H3. The van der Waals surface area contributed by atoms with Crippen molar-refractivity contribution >= 4 is 11.8 Å². The van der Waals surface area contributed by atoms with Gasteiger partial charge in [0.1, 0.15) is 11.6 Å². The smallest absolute Gasteiger partial charge is 0.240 e. The van der Waals surface area contributed by atoms with Gasteiger partial charge in [-0.2, -0.15) is 4.98 Å². The maximum Gasteiger partial charge on any atom is 0.240 e. The van der Waals surface area contributed by atoms with E-state index in [1.54, 1.807) is 37.9 Å². The summed E-state index contributed by atoms with van der Waals surface area (Å²) in [5.41, 5.74) is 1.20. The fourth-order valence-electron chi connectivity index (χ4n) is 2.16. The normalized spacial score (nSPS) is 12.2. The van der Waals surface area contributed by atoms with Gasteiger partial charge in [-0.15, -0.1) is 11.8 Å². The summed E-state index contributed by atoms with van der Waals surface area (Å²) in [6.45, 7) is 3.70. The van der Waals surface area contributed by atoms with Gasteiger partial charge in [-0.1, -0.05) is 17.3 Å². The molecule has 0 bridgehead atoms. The summed E-state index contributed by atoms with van der Waals surface area (Å²) in [7, 11) is 1.64. The monoisotopic (exact) mass is 344 g/mol. The van der Waals surface area contributed by atoms with E-state index < -0.39 is 0 Å². The van der Waals surface area contributed by atoms with E-state index in [4.69, 9.17) is 9.26 Å². The number of halogens is 1. The van der Waals surface area contributed by atoms with Gasteiger partial charge >= 0.3 is 0 Å². The van der Waals surface area contributed by atoms with Gasteiger partial charge in [-0.25, -0.2) is 4.39 Å². The topological polar surface area (TPSA) is 48.2 Å². The maximum atomic E-state index is 13.7. The van der Waals surface area contributed by atoms with Crippen molar-refractivity contribution in [2.24, 2.45) is 0 Å². The second kappa shape index (κ2) is 7.05. The zero-order chi connectivity index (χ0) is 17.1. The molecule has 0 fully saturated rings. The second-order valence-electron chi connectivity index (χ2n) is 5.36. The Hall–Kier alpha value is -2.34. The highest BCUT2D eigenvalue weighted by molar-refractivity contribution is 7.99. The minimum Gasteiger partial charge on any atom is -0.497 e. The predicted molar refractivity (Wildman–Crippen MR) is 91.7 cm³/mol. The summed E-state index contributed by atoms with van der Waals surface area (Å²) in [5, 5.41) is 3.94. The Morgan fingerprint density at radius 2 is 1.92 bits per heavy atom. The predicted octanol–water partition coefficient (Wildman–Crippen LogP) is 5.05. The number of thioether (sulfide) groups is 1. The highest BCUT2D eigenvalue weighted by Crippen LogP contribution is 2.35. The summed E-state index contributed by atoms with van der Waals surface area (Å²) < 4.78 is 24.2. The number of nitrogens with zero attached hydrogens (tertiary/aromatic N) is 2. The summed E-state index contributed by atoms with van der Waals surface area (Å²) >= 11 is 1.60. The second-order valence-corrected chi connectivity index (χ2v) is 6.77. The van der Waals surface area contributed by atoms with Crippen LogP contribution in [0, 0.1) is 12.7 Å². The van der Waals surface area contributed by atoms with E-state index in [9.17, 15) is 4.39 Å². The zero-order valence-corrected chi connectivity index (χ0v) is 14.4. The molecule has 0 aliphatic rings. The summed E-state index contributed by atoms with van der Waals surface area (Å²) in [6.07, 6.45) is 0. The fourth-order valence-corrected chi connectivity index (χ4v) is 3.06. The molecule has 0 spiro atoms. The Balaban J connectivity index is 1.75. The van der Waals surface area contributed by atoms with Crippen molar-refractivity contribution in [3.05, 3.63) is 59.7 Å². The molecule has 1 atom stereocenters. The van der Waals surface area contributed by atoms with E-state index in [0.29, 0.717) is 22.8 Å². The van der Waals surface area contributed by atoms with Crippen LogP contribution < -0.4 is 4.74 Å². The van der Waals surface area contributed by atoms with Gasteiger partial charge in [-0.3, -0.25) is 0 Å². The van der Waals surface area contributed by atoms with Gasteiger partial charge in [0.15, 0.2) is 0 Å². The molecular weight excluding hydrogens is 327 g/mol. The number of hydrogen-bond donors (Lipinski definition) is 0. The van der Waals surface area contributed by atoms with E-state index in [1.165, 1.54) is 6.07 Å². The number of benzene rings is 2. The molecular formula is C18H17FN2O2S. The van der Waals surface area contributed by atoms with Crippen LogP contribution in [0.15, 0.2) is 51.9 Å². The lowest BCUT2D eigenvalue weighted by molar-refractivity contribution is 0.381. The van der Waals surface area contributed by atoms with Gasteiger partial charge in [0.2, 0.25) is 11.7 Å². The van der Waals surface area contributed by atoms with Crippen molar-refractivity contribution < 1.29 is 13.7 Å². The van der Waals surface area contributed by atoms with Crippen LogP contribution in [0.4, 0.5) is 4.39 Å². The average Bonchev–Trinajstić information content (AvgIpc) is 3.08. The molecule has 24 heavy (non-hydrogen) atoms. The van der Waals surface area contributed by atoms with Crippen LogP contribution >= 0.6 is 11.8 Å². The number of ether oxygens (including phenoxy) is 1. The van der Waals surface area contributed by atoms with Crippen molar-refractivity contribution in [1.29, 1.82) is 0 Å². The molecule has 0 amide bonds. The van der Waals surface area contributed by atoms with Crippen LogP contribution in [0.5, 0.6) is 5.75 Å². The molecule has 4 nitrogen and oxygen atoms in total. The lowest BCUT2D eigenvalue weighted by atomic mass is 10.1. The van der Waals surface area contributed by atoms with Gasteiger partial charge in [0, 0.05) is 10.5 Å². The van der Waals surface area contributed by atoms with Crippen LogP contribution in [-0.4, -0.2) is 17.3 Å². The highest BCUT2D eigenvalue weighted by atomic mass is 32.2. The summed E-state index contributed by atoms with van der Waals surface area (Å²) in [5.74, 6) is 1.44. The first-order valence-corrected chi connectivity index (χ1v) is 8.35. The van der Waals surface area contributed by atoms with Crippen LogP contribution in [0.2, 0.25) is 0 Å². The minimum absolute atomic E-state index is 0.0186. The molecule has 0 aliphatic heterocycles. The third kappa shape index (κ3) is 3.59. The Morgan fingerprint density at radius 3 is 2.58 bits per heavy atom. The number of aromatic nitrogens is 2. The van der Waals surface area contributed by atoms with Gasteiger partial charge in [0.25, 0.3) is 0 Å². The molecule has 0 N–H and O–H groups in total. The molecule has 0 aliphatic carbocycles. The molecule has 3 aromatic rings. The quantitative estimate of drug-likeness (QED) is 0.606. The van der Waals surface area contributed by atoms with E-state index in [1.807, 2.05) is 31.2 Å². The van der Waals surface area contributed by atoms with Crippen LogP contribution in [0.3, 0.4) is 0 Å². The first-order chi connectivity index (χ1) is 11.6. The molecule has 124 valence electrons. The van der Waals surface area contributed by atoms with Crippen LogP contribution in [0.25, 0.3) is 11.4 Å². The Bertz CT molecular complexity index is 833. The van der Waals surface area contributed by atoms with Crippen molar-refractivity contribution in [3.63, 3.8) is 0 Å². The Kier molecular flexibility index (Phi) is 4.85. The van der Waals surface area contributed by atoms with E-state index in [0.717, 1.165) is 10.6 Å². The lowest BCUT2D eigenvalue weighted by Crippen LogP contribution is -1.90. The molecule has 3 rings (SSSR count). The third-order valence-corrected chi connectivity index (χ3v) is 4.69. The number of aryl methyl sites for hydroxylation is 1. The van der Waals surface area contributed by atoms with Gasteiger partial charge in [0.05, 0.1) is 12.4 Å². The summed E-state index contributed by atoms with van der Waals surface area (Å²) in [4.78, 5) is 5.46. The van der Waals surface area contributed by atoms with Crippen molar-refractivity contribution in [2.45, 2.75) is 24.0 Å². The molecule has 0 saturated carbocycles. The fraction of sp³-hybridized carbons (Fsp3) is 0.222. The van der Waals surface area contributed by atoms with Crippen LogP contribution in [-0.2, 0) is 0 Å². The zero-order valence-electron chi connectivity index (χ0n) is 13.6. The van der Waals surface area contributed by atoms with Crippen molar-refractivity contribution in [2.75, 3.05) is 7.11 Å². The largest absolute Gasteiger partial charge is 0.497 e. The number of methoxy groups -OCH3 is 1. The highest BCUT2D eigenvalue weighted by Gasteiger charge is 2.17. The molecule has 0 radical (unpaired) electrons. The molecule has 2 aromatic carbocycles. The third-order valence-electron chi connectivity index (χ3n) is 3.59. The Morgan fingerprint density at radius 1 is 1.17 bits per heavy atom. The van der Waals surface area contributed by atoms with Crippen molar-refractivity contribution in [3.8, 4) is 17.1 Å². The SMILES string of the molecule is COc1ccc(SC(C)c2nc(-c3ccc(C)c(F)c3)no2)cc1. The maximum absolute atomic E-state index is 13.7. The van der Waals surface area contributed by atoms with Gasteiger partial charge < -0.3 is 9.26 Å². The molecule has 6 heteroatoms. The number of rotatable bonds is 5. The van der Waals surface area contributed by atoms with Gasteiger partial charge in [-0.05, 0) is 49.7 Å². The molecule has 1 aromatic heterocycles. The van der Waals surface area contributed by atoms with Crippen molar-refractivity contribution in [1.82, 2.24) is 10.1 Å². The van der Waals surface area contributed by atoms with Crippen LogP contribution in [0.1, 0.15) is 23.6 Å². The first kappa shape index (κ1) is 16.5. The Labute approximate surface area is 144 Å². The molecule has 1 unspecified atom stereocenters. The first-order valence-electron chi connectivity index (χ1n) is 7.47. The lowest BCUT2D eigenvalue weighted by Gasteiger charge is -2.07. The van der Waals surface area contributed by atoms with E-state index in [2.05, 4.69) is 10.1 Å². The minimum atomic E-state index is -0.278. The molecule has 1 heterocycles. The summed E-state index contributed by atoms with van der Waals surface area (Å²) in [6, 6.07) is 12.7. The van der Waals surface area contributed by atoms with E-state index >= 15 is 0 Å². The average molecular weight is 344 g/mol.